The van der Waals surface area contributed by atoms with Gasteiger partial charge in [-0.15, -0.1) is 0 Å². The van der Waals surface area contributed by atoms with Gasteiger partial charge in [0.15, 0.2) is 11.5 Å². The molecule has 0 unspecified atom stereocenters. The van der Waals surface area contributed by atoms with E-state index in [1.165, 1.54) is 64.2 Å². The van der Waals surface area contributed by atoms with Crippen LogP contribution < -0.4 is 21.8 Å². The molecule has 0 aliphatic heterocycles. The van der Waals surface area contributed by atoms with E-state index in [1.54, 1.807) is 21.5 Å². The summed E-state index contributed by atoms with van der Waals surface area (Å²) < 4.78 is 3.11. The van der Waals surface area contributed by atoms with Crippen molar-refractivity contribution in [1.29, 1.82) is 0 Å². The number of aromatic hydroxyl groups is 2. The molecule has 0 spiro atoms. The summed E-state index contributed by atoms with van der Waals surface area (Å²) in [6.07, 6.45) is 15.9. The summed E-state index contributed by atoms with van der Waals surface area (Å²) in [6, 6.07) is 24.3. The summed E-state index contributed by atoms with van der Waals surface area (Å²) in [7, 11) is 0. The van der Waals surface area contributed by atoms with Crippen molar-refractivity contribution in [2.75, 3.05) is 0 Å². The molecular formula is C42H60N4O4. The number of aromatic nitrogens is 2. The molecule has 4 aromatic rings. The Morgan fingerprint density at radius 3 is 1.40 bits per heavy atom. The zero-order chi connectivity index (χ0) is 33.7. The maximum atomic E-state index is 12.4. The Hall–Kier alpha value is -4.14. The average Bonchev–Trinajstić information content (AvgIpc) is 3.39. The van der Waals surface area contributed by atoms with Gasteiger partial charge >= 0.3 is 0 Å². The standard InChI is InChI=1S/2C20H26N2O2.2CH4/c1-15-7-9-18(10-8-15)21-13-17-11-12-22(20(24)19(17)23)14-16-5-3-2-4-6-16;23-19-17(14-21-18-10-6-1-2-7-11-18)12-13-22(20(19)24)15-16-8-4-3-5-9-16;;/h2-6,11-12,15,18,21,23H,7-10,13-14H2,1H3;3-5,8-9,12-13,18,21,23H,1-2,6-7,10-11,14-15H2;2*1H4. The molecule has 8 heteroatoms. The molecule has 2 heterocycles. The number of hydrogen-bond acceptors (Lipinski definition) is 6. The van der Waals surface area contributed by atoms with Crippen molar-refractivity contribution in [3.05, 3.63) is 128 Å². The van der Waals surface area contributed by atoms with E-state index in [1.807, 2.05) is 72.8 Å². The highest BCUT2D eigenvalue weighted by Gasteiger charge is 2.19. The van der Waals surface area contributed by atoms with E-state index in [4.69, 9.17) is 0 Å². The fourth-order valence-electron chi connectivity index (χ4n) is 6.75. The van der Waals surface area contributed by atoms with Gasteiger partial charge in [-0.1, -0.05) is 108 Å². The molecule has 2 aromatic heterocycles. The minimum absolute atomic E-state index is 0. The summed E-state index contributed by atoms with van der Waals surface area (Å²) in [6.45, 7) is 4.35. The Morgan fingerprint density at radius 2 is 0.980 bits per heavy atom. The molecule has 4 N–H and O–H groups in total. The van der Waals surface area contributed by atoms with Crippen LogP contribution in [0.4, 0.5) is 0 Å². The first kappa shape index (κ1) is 40.3. The van der Waals surface area contributed by atoms with Gasteiger partial charge in [0, 0.05) is 48.7 Å². The Kier molecular flexibility index (Phi) is 16.5. The molecule has 0 bridgehead atoms. The Labute approximate surface area is 299 Å². The Morgan fingerprint density at radius 1 is 0.580 bits per heavy atom. The Balaban J connectivity index is 0.000000260. The van der Waals surface area contributed by atoms with Gasteiger partial charge < -0.3 is 30.0 Å². The largest absolute Gasteiger partial charge is 0.503 e. The van der Waals surface area contributed by atoms with E-state index in [-0.39, 0.29) is 37.5 Å². The highest BCUT2D eigenvalue weighted by molar-refractivity contribution is 5.31. The lowest BCUT2D eigenvalue weighted by atomic mass is 9.87. The van der Waals surface area contributed by atoms with Gasteiger partial charge in [0.1, 0.15) is 0 Å². The van der Waals surface area contributed by atoms with Gasteiger partial charge in [-0.25, -0.2) is 0 Å². The van der Waals surface area contributed by atoms with Crippen molar-refractivity contribution in [2.24, 2.45) is 5.92 Å². The second-order valence-electron chi connectivity index (χ2n) is 13.6. The first-order valence-corrected chi connectivity index (χ1v) is 17.7. The van der Waals surface area contributed by atoms with Crippen LogP contribution in [0.1, 0.15) is 108 Å². The maximum Gasteiger partial charge on any atom is 0.293 e. The van der Waals surface area contributed by atoms with E-state index in [0.717, 1.165) is 17.0 Å². The summed E-state index contributed by atoms with van der Waals surface area (Å²) in [5.74, 6) is 0.554. The molecule has 0 saturated heterocycles. The molecular weight excluding hydrogens is 624 g/mol. The van der Waals surface area contributed by atoms with Gasteiger partial charge in [0.25, 0.3) is 11.1 Å². The lowest BCUT2D eigenvalue weighted by Crippen LogP contribution is -2.33. The first-order chi connectivity index (χ1) is 23.4. The number of benzene rings is 2. The summed E-state index contributed by atoms with van der Waals surface area (Å²) in [4.78, 5) is 24.8. The van der Waals surface area contributed by atoms with E-state index >= 15 is 0 Å². The van der Waals surface area contributed by atoms with Crippen molar-refractivity contribution in [3.8, 4) is 11.5 Å². The number of nitrogens with zero attached hydrogens (tertiary/aromatic N) is 2. The molecule has 8 nitrogen and oxygen atoms in total. The molecule has 2 aliphatic rings. The molecule has 2 aliphatic carbocycles. The number of pyridine rings is 2. The molecule has 0 radical (unpaired) electrons. The Bertz CT molecular complexity index is 1670. The van der Waals surface area contributed by atoms with E-state index in [9.17, 15) is 19.8 Å². The number of nitrogens with one attached hydrogen (secondary N) is 2. The van der Waals surface area contributed by atoms with Crippen molar-refractivity contribution < 1.29 is 10.2 Å². The van der Waals surface area contributed by atoms with Gasteiger partial charge in [-0.2, -0.15) is 0 Å². The van der Waals surface area contributed by atoms with Gasteiger partial charge in [-0.05, 0) is 67.7 Å². The van der Waals surface area contributed by atoms with Crippen molar-refractivity contribution >= 4 is 0 Å². The third-order valence-electron chi connectivity index (χ3n) is 9.87. The van der Waals surface area contributed by atoms with Crippen LogP contribution in [0.5, 0.6) is 11.5 Å². The minimum atomic E-state index is -0.324. The van der Waals surface area contributed by atoms with Crippen LogP contribution >= 0.6 is 0 Å². The van der Waals surface area contributed by atoms with Crippen molar-refractivity contribution in [1.82, 2.24) is 19.8 Å². The van der Waals surface area contributed by atoms with Gasteiger partial charge in [-0.3, -0.25) is 9.59 Å². The fraction of sp³-hybridized carbons (Fsp3) is 0.476. The van der Waals surface area contributed by atoms with Crippen molar-refractivity contribution in [3.63, 3.8) is 0 Å². The highest BCUT2D eigenvalue weighted by atomic mass is 16.3. The molecule has 2 saturated carbocycles. The molecule has 50 heavy (non-hydrogen) atoms. The minimum Gasteiger partial charge on any atom is -0.503 e. The first-order valence-electron chi connectivity index (χ1n) is 17.7. The summed E-state index contributed by atoms with van der Waals surface area (Å²) in [5.41, 5.74) is 2.82. The molecule has 272 valence electrons. The molecule has 2 aromatic carbocycles. The lowest BCUT2D eigenvalue weighted by molar-refractivity contribution is 0.305. The topological polar surface area (TPSA) is 109 Å². The monoisotopic (exact) mass is 684 g/mol. The zero-order valence-electron chi connectivity index (χ0n) is 28.3. The number of rotatable bonds is 10. The molecule has 0 amide bonds. The smallest absolute Gasteiger partial charge is 0.293 e. The zero-order valence-corrected chi connectivity index (χ0v) is 28.3. The van der Waals surface area contributed by atoms with E-state index < -0.39 is 0 Å². The average molecular weight is 685 g/mol. The predicted octanol–water partition coefficient (Wildman–Crippen LogP) is 7.96. The van der Waals surface area contributed by atoms with Crippen LogP contribution in [0.15, 0.2) is 94.8 Å². The van der Waals surface area contributed by atoms with Crippen LogP contribution in [-0.2, 0) is 26.2 Å². The summed E-state index contributed by atoms with van der Waals surface area (Å²) >= 11 is 0. The second-order valence-corrected chi connectivity index (χ2v) is 13.6. The quantitative estimate of drug-likeness (QED) is 0.126. The van der Waals surface area contributed by atoms with Gasteiger partial charge in [0.2, 0.25) is 0 Å². The second kappa shape index (κ2) is 20.5. The normalized spacial score (nSPS) is 17.7. The predicted molar refractivity (Wildman–Crippen MR) is 206 cm³/mol. The van der Waals surface area contributed by atoms with E-state index in [0.29, 0.717) is 49.4 Å². The number of hydrogen-bond donors (Lipinski definition) is 4. The van der Waals surface area contributed by atoms with Crippen LogP contribution in [0.25, 0.3) is 0 Å². The lowest BCUT2D eigenvalue weighted by Gasteiger charge is -2.27. The third kappa shape index (κ3) is 11.7. The van der Waals surface area contributed by atoms with Crippen LogP contribution in [0.3, 0.4) is 0 Å². The van der Waals surface area contributed by atoms with Crippen LogP contribution in [0, 0.1) is 5.92 Å². The van der Waals surface area contributed by atoms with Crippen LogP contribution in [-0.4, -0.2) is 31.4 Å². The summed E-state index contributed by atoms with van der Waals surface area (Å²) in [5, 5.41) is 27.5. The highest BCUT2D eigenvalue weighted by Crippen LogP contribution is 2.24. The van der Waals surface area contributed by atoms with Gasteiger partial charge in [0.05, 0.1) is 13.1 Å². The SMILES string of the molecule is C.C.CC1CCC(NCc2ccn(Cc3ccccc3)c(=O)c2O)CC1.O=c1c(O)c(CNC2CCCCCC2)ccn1Cc1ccccc1. The van der Waals surface area contributed by atoms with E-state index in [2.05, 4.69) is 17.6 Å². The molecule has 2 fully saturated rings. The molecule has 6 rings (SSSR count). The third-order valence-corrected chi connectivity index (χ3v) is 9.87. The molecule has 0 atom stereocenters. The van der Waals surface area contributed by atoms with Crippen LogP contribution in [0.2, 0.25) is 0 Å². The fourth-order valence-corrected chi connectivity index (χ4v) is 6.75. The maximum absolute atomic E-state index is 12.4. The van der Waals surface area contributed by atoms with Crippen molar-refractivity contribution in [2.45, 2.75) is 124 Å².